The third kappa shape index (κ3) is 5.25. The Morgan fingerprint density at radius 3 is 1.63 bits per heavy atom. The highest BCUT2D eigenvalue weighted by molar-refractivity contribution is 6.20. The standard InChI is InChI=1S/C66H38N4/c1-2-15-40-36-62-56(34-39(40)14-1)49-20-8-11-26-59(49)69(62)45-29-28-41-35-57-50-21-9-12-27-60(50)70(63(57)37-43(41)33-45)61-38-44(32-42-16-3-4-17-46(42)61)66-67-58-25-10-7-22-55(58)65(68-66)54-31-30-53-48-19-6-5-18-47(48)51-23-13-24-52(54)64(51)53/h1-38H. The molecule has 0 amide bonds. The van der Waals surface area contributed by atoms with Crippen molar-refractivity contribution in [1.29, 1.82) is 0 Å². The lowest BCUT2D eigenvalue weighted by Gasteiger charge is -2.16. The molecule has 12 aromatic carbocycles. The Balaban J connectivity index is 0.922. The van der Waals surface area contributed by atoms with Gasteiger partial charge in [-0.25, -0.2) is 9.97 Å². The van der Waals surface area contributed by atoms with Gasteiger partial charge in [0.1, 0.15) is 0 Å². The van der Waals surface area contributed by atoms with Gasteiger partial charge in [-0.15, -0.1) is 0 Å². The quantitative estimate of drug-likeness (QED) is 0.176. The van der Waals surface area contributed by atoms with Crippen molar-refractivity contribution in [2.45, 2.75) is 0 Å². The van der Waals surface area contributed by atoms with E-state index in [9.17, 15) is 0 Å². The fourth-order valence-electron chi connectivity index (χ4n) is 12.1. The first-order valence-corrected chi connectivity index (χ1v) is 24.1. The first-order valence-electron chi connectivity index (χ1n) is 24.1. The summed E-state index contributed by atoms with van der Waals surface area (Å²) in [7, 11) is 0. The number of aromatic nitrogens is 4. The Kier molecular flexibility index (Phi) is 7.58. The van der Waals surface area contributed by atoms with E-state index in [2.05, 4.69) is 240 Å². The van der Waals surface area contributed by atoms with E-state index < -0.39 is 0 Å². The van der Waals surface area contributed by atoms with Crippen LogP contribution in [0.15, 0.2) is 231 Å². The molecule has 0 unspecified atom stereocenters. The molecular weight excluding hydrogens is 849 g/mol. The number of rotatable bonds is 4. The molecule has 1 aliphatic rings. The number of fused-ring (bicyclic) bond motifs is 13. The Labute approximate surface area is 401 Å². The number of para-hydroxylation sites is 3. The summed E-state index contributed by atoms with van der Waals surface area (Å²) in [5.41, 5.74) is 16.0. The molecule has 3 aromatic heterocycles. The summed E-state index contributed by atoms with van der Waals surface area (Å²) in [5.74, 6) is 0.696. The molecule has 0 aliphatic heterocycles. The SMILES string of the molecule is c1ccc2c(c1)-c1cccc3c(-c4nc(-c5cc(-n6c7ccccc7c7cc8ccc(-n9c%10ccccc%10c%10cc%11ccccc%11cc%109)cc8cc76)c6ccccc6c5)nc5ccccc45)ccc-2c13. The fourth-order valence-corrected chi connectivity index (χ4v) is 12.1. The van der Waals surface area contributed by atoms with Crippen molar-refractivity contribution in [1.82, 2.24) is 19.1 Å². The Morgan fingerprint density at radius 1 is 0.286 bits per heavy atom. The number of hydrogen-bond donors (Lipinski definition) is 0. The zero-order chi connectivity index (χ0) is 45.6. The predicted molar refractivity (Wildman–Crippen MR) is 294 cm³/mol. The van der Waals surface area contributed by atoms with Crippen LogP contribution in [-0.4, -0.2) is 19.1 Å². The van der Waals surface area contributed by atoms with Gasteiger partial charge in [0.15, 0.2) is 5.82 Å². The monoisotopic (exact) mass is 886 g/mol. The van der Waals surface area contributed by atoms with Gasteiger partial charge >= 0.3 is 0 Å². The minimum atomic E-state index is 0.696. The maximum atomic E-state index is 5.59. The normalized spacial score (nSPS) is 12.3. The molecule has 70 heavy (non-hydrogen) atoms. The van der Waals surface area contributed by atoms with Crippen LogP contribution in [0.25, 0.3) is 154 Å². The minimum Gasteiger partial charge on any atom is -0.309 e. The maximum Gasteiger partial charge on any atom is 0.160 e. The molecule has 0 spiro atoms. The highest BCUT2D eigenvalue weighted by atomic mass is 15.0. The van der Waals surface area contributed by atoms with Crippen LogP contribution < -0.4 is 0 Å². The van der Waals surface area contributed by atoms with Gasteiger partial charge in [0, 0.05) is 49.1 Å². The van der Waals surface area contributed by atoms with E-state index in [4.69, 9.17) is 9.97 Å². The van der Waals surface area contributed by atoms with Gasteiger partial charge in [-0.3, -0.25) is 0 Å². The van der Waals surface area contributed by atoms with Gasteiger partial charge in [-0.05, 0) is 127 Å². The molecule has 16 rings (SSSR count). The average Bonchev–Trinajstić information content (AvgIpc) is 4.04. The predicted octanol–water partition coefficient (Wildman–Crippen LogP) is 17.4. The summed E-state index contributed by atoms with van der Waals surface area (Å²) in [6, 6.07) is 84.5. The molecule has 3 heterocycles. The van der Waals surface area contributed by atoms with Crippen molar-refractivity contribution in [3.05, 3.63) is 231 Å². The van der Waals surface area contributed by atoms with Gasteiger partial charge in [0.25, 0.3) is 0 Å². The lowest BCUT2D eigenvalue weighted by atomic mass is 9.95. The Morgan fingerprint density at radius 2 is 0.843 bits per heavy atom. The smallest absolute Gasteiger partial charge is 0.160 e. The van der Waals surface area contributed by atoms with Crippen molar-refractivity contribution in [3.63, 3.8) is 0 Å². The highest BCUT2D eigenvalue weighted by Crippen LogP contribution is 2.50. The molecule has 4 heteroatoms. The van der Waals surface area contributed by atoms with Crippen LogP contribution in [0.4, 0.5) is 0 Å². The minimum absolute atomic E-state index is 0.696. The van der Waals surface area contributed by atoms with Gasteiger partial charge in [-0.2, -0.15) is 0 Å². The molecule has 0 atom stereocenters. The topological polar surface area (TPSA) is 35.6 Å². The number of nitrogens with zero attached hydrogens (tertiary/aromatic N) is 4. The van der Waals surface area contributed by atoms with Crippen molar-refractivity contribution in [2.24, 2.45) is 0 Å². The van der Waals surface area contributed by atoms with E-state index in [1.807, 2.05) is 0 Å². The molecule has 0 N–H and O–H groups in total. The summed E-state index contributed by atoms with van der Waals surface area (Å²) in [6.45, 7) is 0. The highest BCUT2D eigenvalue weighted by Gasteiger charge is 2.25. The van der Waals surface area contributed by atoms with Crippen LogP contribution in [-0.2, 0) is 0 Å². The van der Waals surface area contributed by atoms with Crippen LogP contribution in [0.2, 0.25) is 0 Å². The van der Waals surface area contributed by atoms with Gasteiger partial charge in [0.2, 0.25) is 0 Å². The molecule has 0 radical (unpaired) electrons. The molecular formula is C66H38N4. The van der Waals surface area contributed by atoms with E-state index in [1.54, 1.807) is 0 Å². The van der Waals surface area contributed by atoms with Crippen LogP contribution in [0.1, 0.15) is 0 Å². The largest absolute Gasteiger partial charge is 0.309 e. The lowest BCUT2D eigenvalue weighted by molar-refractivity contribution is 1.18. The number of benzene rings is 12. The Bertz CT molecular complexity index is 4750. The molecule has 322 valence electrons. The average molecular weight is 887 g/mol. The number of hydrogen-bond acceptors (Lipinski definition) is 2. The first kappa shape index (κ1) is 37.7. The van der Waals surface area contributed by atoms with Gasteiger partial charge in [0.05, 0.1) is 39.0 Å². The lowest BCUT2D eigenvalue weighted by Crippen LogP contribution is -1.99. The second-order valence-corrected chi connectivity index (χ2v) is 18.9. The zero-order valence-electron chi connectivity index (χ0n) is 37.7. The second kappa shape index (κ2) is 14.1. The van der Waals surface area contributed by atoms with Crippen molar-refractivity contribution in [3.8, 4) is 56.3 Å². The maximum absolute atomic E-state index is 5.59. The molecule has 0 saturated heterocycles. The van der Waals surface area contributed by atoms with Crippen LogP contribution in [0, 0.1) is 0 Å². The second-order valence-electron chi connectivity index (χ2n) is 18.9. The summed E-state index contributed by atoms with van der Waals surface area (Å²) in [5, 5.41) is 15.6. The molecule has 1 aliphatic carbocycles. The van der Waals surface area contributed by atoms with E-state index in [1.165, 1.54) is 87.1 Å². The van der Waals surface area contributed by atoms with Crippen LogP contribution in [0.5, 0.6) is 0 Å². The van der Waals surface area contributed by atoms with Crippen molar-refractivity contribution < 1.29 is 0 Å². The summed E-state index contributed by atoms with van der Waals surface area (Å²) in [6.07, 6.45) is 0. The molecule has 0 bridgehead atoms. The fraction of sp³-hybridized carbons (Fsp3) is 0. The summed E-state index contributed by atoms with van der Waals surface area (Å²) < 4.78 is 4.91. The van der Waals surface area contributed by atoms with Gasteiger partial charge in [-0.1, -0.05) is 164 Å². The summed E-state index contributed by atoms with van der Waals surface area (Å²) >= 11 is 0. The zero-order valence-corrected chi connectivity index (χ0v) is 37.7. The molecule has 0 saturated carbocycles. The summed E-state index contributed by atoms with van der Waals surface area (Å²) in [4.78, 5) is 10.9. The molecule has 15 aromatic rings. The molecule has 0 fully saturated rings. The third-order valence-electron chi connectivity index (χ3n) is 15.2. The first-order chi connectivity index (χ1) is 34.7. The third-order valence-corrected chi connectivity index (χ3v) is 15.2. The van der Waals surface area contributed by atoms with Crippen LogP contribution in [0.3, 0.4) is 0 Å². The van der Waals surface area contributed by atoms with E-state index in [-0.39, 0.29) is 0 Å². The van der Waals surface area contributed by atoms with Crippen molar-refractivity contribution in [2.75, 3.05) is 0 Å². The van der Waals surface area contributed by atoms with E-state index >= 15 is 0 Å². The van der Waals surface area contributed by atoms with Crippen molar-refractivity contribution >= 4 is 97.6 Å². The molecule has 4 nitrogen and oxygen atoms in total. The van der Waals surface area contributed by atoms with E-state index in [0.29, 0.717) is 5.82 Å². The van der Waals surface area contributed by atoms with Gasteiger partial charge < -0.3 is 9.13 Å². The Hall–Kier alpha value is -9.38. The van der Waals surface area contributed by atoms with Crippen LogP contribution >= 0.6 is 0 Å². The van der Waals surface area contributed by atoms with E-state index in [0.717, 1.165) is 60.9 Å².